The minimum Gasteiger partial charge on any atom is -0.488 e. The molecule has 0 bridgehead atoms. The average Bonchev–Trinajstić information content (AvgIpc) is 2.73. The van der Waals surface area contributed by atoms with Crippen molar-refractivity contribution >= 4 is 39.7 Å². The van der Waals surface area contributed by atoms with Crippen molar-refractivity contribution in [3.63, 3.8) is 0 Å². The summed E-state index contributed by atoms with van der Waals surface area (Å²) in [4.78, 5) is 12.2. The number of nitrogens with one attached hydrogen (secondary N) is 1. The molecule has 0 aliphatic rings. The minimum atomic E-state index is -0.733. The third-order valence-electron chi connectivity index (χ3n) is 4.06. The quantitative estimate of drug-likeness (QED) is 0.332. The third kappa shape index (κ3) is 6.61. The summed E-state index contributed by atoms with van der Waals surface area (Å²) in [5.74, 6) is 0.804. The van der Waals surface area contributed by atoms with Gasteiger partial charge in [0.05, 0.1) is 6.21 Å². The SMILES string of the molecule is C[C@H](Oc1cccc(Cl)c1)C(=O)N/N=C\c1ccccc1OCc1cccc(Br)c1. The van der Waals surface area contributed by atoms with Gasteiger partial charge in [0.2, 0.25) is 0 Å². The monoisotopic (exact) mass is 486 g/mol. The van der Waals surface area contributed by atoms with Crippen LogP contribution in [0.2, 0.25) is 5.02 Å². The van der Waals surface area contributed by atoms with E-state index in [1.807, 2.05) is 48.5 Å². The zero-order chi connectivity index (χ0) is 21.3. The minimum absolute atomic E-state index is 0.376. The Morgan fingerprint density at radius 1 is 1.13 bits per heavy atom. The molecule has 7 heteroatoms. The number of amides is 1. The molecule has 0 heterocycles. The van der Waals surface area contributed by atoms with E-state index >= 15 is 0 Å². The number of nitrogens with zero attached hydrogens (tertiary/aromatic N) is 1. The van der Waals surface area contributed by atoms with Crippen molar-refractivity contribution in [3.8, 4) is 11.5 Å². The molecule has 0 saturated heterocycles. The Hall–Kier alpha value is -2.83. The first-order valence-corrected chi connectivity index (χ1v) is 10.4. The normalized spacial score (nSPS) is 11.8. The maximum absolute atomic E-state index is 12.2. The van der Waals surface area contributed by atoms with Gasteiger partial charge in [0.25, 0.3) is 5.91 Å². The molecule has 0 radical (unpaired) electrons. The Kier molecular flexibility index (Phi) is 7.88. The lowest BCUT2D eigenvalue weighted by atomic mass is 10.2. The highest BCUT2D eigenvalue weighted by atomic mass is 79.9. The number of hydrogen-bond donors (Lipinski definition) is 1. The Morgan fingerprint density at radius 2 is 1.93 bits per heavy atom. The summed E-state index contributed by atoms with van der Waals surface area (Å²) >= 11 is 9.38. The van der Waals surface area contributed by atoms with Crippen molar-refractivity contribution in [2.75, 3.05) is 0 Å². The maximum atomic E-state index is 12.2. The van der Waals surface area contributed by atoms with Crippen molar-refractivity contribution in [1.29, 1.82) is 0 Å². The molecular formula is C23H20BrClN2O3. The van der Waals surface area contributed by atoms with Gasteiger partial charge in [-0.15, -0.1) is 0 Å². The molecule has 0 aliphatic carbocycles. The summed E-state index contributed by atoms with van der Waals surface area (Å²) in [6.07, 6.45) is 0.809. The molecule has 3 rings (SSSR count). The number of hydrogen-bond acceptors (Lipinski definition) is 4. The lowest BCUT2D eigenvalue weighted by Crippen LogP contribution is -2.33. The number of benzene rings is 3. The lowest BCUT2D eigenvalue weighted by molar-refractivity contribution is -0.127. The Bertz CT molecular complexity index is 1040. The van der Waals surface area contributed by atoms with E-state index in [9.17, 15) is 4.79 Å². The number of carbonyl (C=O) groups is 1. The summed E-state index contributed by atoms with van der Waals surface area (Å²) in [7, 11) is 0. The highest BCUT2D eigenvalue weighted by molar-refractivity contribution is 9.10. The third-order valence-corrected chi connectivity index (χ3v) is 4.79. The highest BCUT2D eigenvalue weighted by Gasteiger charge is 2.14. The second-order valence-electron chi connectivity index (χ2n) is 6.41. The first-order valence-electron chi connectivity index (χ1n) is 9.22. The van der Waals surface area contributed by atoms with Crippen LogP contribution in [-0.2, 0) is 11.4 Å². The number of para-hydroxylation sites is 1. The largest absolute Gasteiger partial charge is 0.488 e. The van der Waals surface area contributed by atoms with Crippen LogP contribution in [0.3, 0.4) is 0 Å². The van der Waals surface area contributed by atoms with E-state index in [0.29, 0.717) is 23.1 Å². The maximum Gasteiger partial charge on any atom is 0.280 e. The summed E-state index contributed by atoms with van der Waals surface area (Å²) < 4.78 is 12.5. The van der Waals surface area contributed by atoms with E-state index < -0.39 is 6.10 Å². The molecule has 0 saturated carbocycles. The van der Waals surface area contributed by atoms with Gasteiger partial charge in [-0.3, -0.25) is 4.79 Å². The molecule has 154 valence electrons. The van der Waals surface area contributed by atoms with Gasteiger partial charge >= 0.3 is 0 Å². The van der Waals surface area contributed by atoms with Crippen molar-refractivity contribution in [1.82, 2.24) is 5.43 Å². The molecule has 0 aliphatic heterocycles. The van der Waals surface area contributed by atoms with E-state index in [-0.39, 0.29) is 5.91 Å². The summed E-state index contributed by atoms with van der Waals surface area (Å²) in [6, 6.07) is 22.2. The van der Waals surface area contributed by atoms with Crippen molar-refractivity contribution in [2.24, 2.45) is 5.10 Å². The predicted molar refractivity (Wildman–Crippen MR) is 122 cm³/mol. The van der Waals surface area contributed by atoms with Crippen LogP contribution < -0.4 is 14.9 Å². The fourth-order valence-corrected chi connectivity index (χ4v) is 3.19. The average molecular weight is 488 g/mol. The van der Waals surface area contributed by atoms with Gasteiger partial charge in [0.15, 0.2) is 6.10 Å². The van der Waals surface area contributed by atoms with Crippen LogP contribution in [0.4, 0.5) is 0 Å². The fraction of sp³-hybridized carbons (Fsp3) is 0.130. The molecule has 0 spiro atoms. The van der Waals surface area contributed by atoms with Crippen molar-refractivity contribution in [3.05, 3.63) is 93.4 Å². The Balaban J connectivity index is 1.57. The number of carbonyl (C=O) groups excluding carboxylic acids is 1. The van der Waals surface area contributed by atoms with E-state index in [0.717, 1.165) is 15.6 Å². The van der Waals surface area contributed by atoms with Crippen LogP contribution in [0.25, 0.3) is 0 Å². The van der Waals surface area contributed by atoms with Crippen molar-refractivity contribution < 1.29 is 14.3 Å². The fourth-order valence-electron chi connectivity index (χ4n) is 2.56. The van der Waals surface area contributed by atoms with E-state index in [1.165, 1.54) is 0 Å². The van der Waals surface area contributed by atoms with Gasteiger partial charge in [0.1, 0.15) is 18.1 Å². The molecular weight excluding hydrogens is 468 g/mol. The zero-order valence-electron chi connectivity index (χ0n) is 16.2. The molecule has 5 nitrogen and oxygen atoms in total. The molecule has 3 aromatic carbocycles. The molecule has 1 N–H and O–H groups in total. The molecule has 3 aromatic rings. The molecule has 1 amide bonds. The van der Waals surface area contributed by atoms with Crippen LogP contribution in [0.1, 0.15) is 18.1 Å². The predicted octanol–water partition coefficient (Wildman–Crippen LogP) is 5.60. The standard InChI is InChI=1S/C23H20BrClN2O3/c1-16(30-21-10-5-9-20(25)13-21)23(28)27-26-14-18-7-2-3-11-22(18)29-15-17-6-4-8-19(24)12-17/h2-14,16H,15H2,1H3,(H,27,28)/b26-14-/t16-/m0/s1. The van der Waals surface area contributed by atoms with Gasteiger partial charge in [-0.05, 0) is 55.0 Å². The number of ether oxygens (including phenoxy) is 2. The molecule has 0 unspecified atom stereocenters. The van der Waals surface area contributed by atoms with Crippen LogP contribution in [-0.4, -0.2) is 18.2 Å². The molecule has 0 fully saturated rings. The van der Waals surface area contributed by atoms with Crippen LogP contribution in [0, 0.1) is 0 Å². The lowest BCUT2D eigenvalue weighted by Gasteiger charge is -2.13. The Morgan fingerprint density at radius 3 is 2.73 bits per heavy atom. The first-order chi connectivity index (χ1) is 14.5. The van der Waals surface area contributed by atoms with E-state index in [1.54, 1.807) is 37.4 Å². The van der Waals surface area contributed by atoms with E-state index in [4.69, 9.17) is 21.1 Å². The van der Waals surface area contributed by atoms with Crippen LogP contribution in [0.5, 0.6) is 11.5 Å². The molecule has 0 aromatic heterocycles. The van der Waals surface area contributed by atoms with Crippen LogP contribution >= 0.6 is 27.5 Å². The topological polar surface area (TPSA) is 59.9 Å². The van der Waals surface area contributed by atoms with Crippen molar-refractivity contribution in [2.45, 2.75) is 19.6 Å². The smallest absolute Gasteiger partial charge is 0.280 e. The number of halogens is 2. The number of hydrazone groups is 1. The number of rotatable bonds is 8. The van der Waals surface area contributed by atoms with Gasteiger partial charge in [-0.25, -0.2) is 5.43 Å². The summed E-state index contributed by atoms with van der Waals surface area (Å²) in [5, 5.41) is 4.57. The zero-order valence-corrected chi connectivity index (χ0v) is 18.6. The molecule has 1 atom stereocenters. The van der Waals surface area contributed by atoms with Gasteiger partial charge in [0, 0.05) is 15.1 Å². The summed E-state index contributed by atoms with van der Waals surface area (Å²) in [5.41, 5.74) is 4.27. The van der Waals surface area contributed by atoms with Gasteiger partial charge < -0.3 is 9.47 Å². The van der Waals surface area contributed by atoms with E-state index in [2.05, 4.69) is 26.5 Å². The summed E-state index contributed by atoms with van der Waals surface area (Å²) in [6.45, 7) is 2.06. The van der Waals surface area contributed by atoms with Gasteiger partial charge in [-0.2, -0.15) is 5.10 Å². The van der Waals surface area contributed by atoms with Gasteiger partial charge in [-0.1, -0.05) is 57.9 Å². The molecule has 30 heavy (non-hydrogen) atoms. The second kappa shape index (κ2) is 10.8. The Labute approximate surface area is 188 Å². The highest BCUT2D eigenvalue weighted by Crippen LogP contribution is 2.20. The first kappa shape index (κ1) is 21.9. The second-order valence-corrected chi connectivity index (χ2v) is 7.76. The van der Waals surface area contributed by atoms with Crippen LogP contribution in [0.15, 0.2) is 82.4 Å².